The predicted octanol–water partition coefficient (Wildman–Crippen LogP) is 2.88. The monoisotopic (exact) mass is 374 g/mol. The van der Waals surface area contributed by atoms with Gasteiger partial charge in [-0.2, -0.15) is 0 Å². The first-order valence-electron chi connectivity index (χ1n) is 10.1. The molecule has 1 saturated heterocycles. The Morgan fingerprint density at radius 1 is 1.19 bits per heavy atom. The van der Waals surface area contributed by atoms with Crippen LogP contribution in [0.2, 0.25) is 0 Å². The Labute approximate surface area is 162 Å². The maximum atomic E-state index is 12.8. The van der Waals surface area contributed by atoms with Gasteiger partial charge in [0.15, 0.2) is 0 Å². The van der Waals surface area contributed by atoms with Crippen LogP contribution in [0.3, 0.4) is 0 Å². The number of hydrogen-bond acceptors (Lipinski definition) is 4. The van der Waals surface area contributed by atoms with Crippen molar-refractivity contribution in [2.75, 3.05) is 23.3 Å². The highest BCUT2D eigenvalue weighted by molar-refractivity contribution is 5.97. The van der Waals surface area contributed by atoms with Gasteiger partial charge in [0.05, 0.1) is 0 Å². The van der Waals surface area contributed by atoms with Crippen LogP contribution in [-0.2, 0) is 9.59 Å². The van der Waals surface area contributed by atoms with E-state index < -0.39 is 6.04 Å². The van der Waals surface area contributed by atoms with Crippen LogP contribution in [-0.4, -0.2) is 37.0 Å². The highest BCUT2D eigenvalue weighted by Gasteiger charge is 2.25. The van der Waals surface area contributed by atoms with E-state index in [1.165, 1.54) is 12.8 Å². The minimum absolute atomic E-state index is 0.174. The molecule has 1 heterocycles. The molecule has 150 valence electrons. The standard InChI is InChI=1S/C21H34N4O2/c1-4-5-11-19(24-20(26)15(2)16(3)22)21(27)23-17-9-8-10-18(14-17)25-12-6-7-13-25/h8-10,14-16,19H,4-7,11-13,22H2,1-3H3,(H,23,27)(H,24,26). The largest absolute Gasteiger partial charge is 0.371 e. The number of carbonyl (C=O) groups excluding carboxylic acids is 2. The van der Waals surface area contributed by atoms with E-state index in [1.807, 2.05) is 18.2 Å². The van der Waals surface area contributed by atoms with Crippen LogP contribution in [0.25, 0.3) is 0 Å². The van der Waals surface area contributed by atoms with Crippen LogP contribution in [0, 0.1) is 5.92 Å². The number of nitrogens with one attached hydrogen (secondary N) is 2. The van der Waals surface area contributed by atoms with Crippen molar-refractivity contribution in [3.8, 4) is 0 Å². The summed E-state index contributed by atoms with van der Waals surface area (Å²) in [4.78, 5) is 27.5. The van der Waals surface area contributed by atoms with Crippen LogP contribution >= 0.6 is 0 Å². The SMILES string of the molecule is CCCCC(NC(=O)C(C)C(C)N)C(=O)Nc1cccc(N2CCCC2)c1. The van der Waals surface area contributed by atoms with E-state index in [0.29, 0.717) is 6.42 Å². The number of anilines is 2. The van der Waals surface area contributed by atoms with Gasteiger partial charge in [-0.15, -0.1) is 0 Å². The summed E-state index contributed by atoms with van der Waals surface area (Å²) in [6, 6.07) is 7.13. The number of amides is 2. The molecule has 0 aromatic heterocycles. The van der Waals surface area contributed by atoms with Crippen molar-refractivity contribution in [3.63, 3.8) is 0 Å². The summed E-state index contributed by atoms with van der Waals surface area (Å²) in [5.41, 5.74) is 7.72. The van der Waals surface area contributed by atoms with E-state index in [4.69, 9.17) is 5.73 Å². The van der Waals surface area contributed by atoms with Gasteiger partial charge in [0.1, 0.15) is 6.04 Å². The predicted molar refractivity (Wildman–Crippen MR) is 111 cm³/mol. The number of benzene rings is 1. The molecule has 1 fully saturated rings. The second-order valence-electron chi connectivity index (χ2n) is 7.58. The van der Waals surface area contributed by atoms with Crippen molar-refractivity contribution < 1.29 is 9.59 Å². The summed E-state index contributed by atoms with van der Waals surface area (Å²) in [5.74, 6) is -0.681. The fourth-order valence-corrected chi connectivity index (χ4v) is 3.20. The van der Waals surface area contributed by atoms with E-state index in [-0.39, 0.29) is 23.8 Å². The van der Waals surface area contributed by atoms with Gasteiger partial charge in [0, 0.05) is 36.4 Å². The van der Waals surface area contributed by atoms with Gasteiger partial charge < -0.3 is 21.3 Å². The molecule has 0 bridgehead atoms. The maximum absolute atomic E-state index is 12.8. The number of nitrogens with two attached hydrogens (primary N) is 1. The Hall–Kier alpha value is -2.08. The Bertz CT molecular complexity index is 626. The lowest BCUT2D eigenvalue weighted by molar-refractivity contribution is -0.129. The van der Waals surface area contributed by atoms with Gasteiger partial charge in [-0.3, -0.25) is 9.59 Å². The lowest BCUT2D eigenvalue weighted by Crippen LogP contribution is -2.48. The minimum Gasteiger partial charge on any atom is -0.371 e. The number of unbranched alkanes of at least 4 members (excludes halogenated alkanes) is 1. The molecule has 3 unspecified atom stereocenters. The van der Waals surface area contributed by atoms with Crippen molar-refractivity contribution in [2.24, 2.45) is 11.7 Å². The quantitative estimate of drug-likeness (QED) is 0.620. The molecule has 6 nitrogen and oxygen atoms in total. The van der Waals surface area contributed by atoms with E-state index in [2.05, 4.69) is 28.5 Å². The van der Waals surface area contributed by atoms with E-state index in [9.17, 15) is 9.59 Å². The first-order valence-corrected chi connectivity index (χ1v) is 10.1. The Kier molecular flexibility index (Phi) is 8.10. The summed E-state index contributed by atoms with van der Waals surface area (Å²) in [6.07, 6.45) is 4.87. The third-order valence-corrected chi connectivity index (χ3v) is 5.27. The third-order valence-electron chi connectivity index (χ3n) is 5.27. The smallest absolute Gasteiger partial charge is 0.246 e. The number of nitrogens with zero attached hydrogens (tertiary/aromatic N) is 1. The van der Waals surface area contributed by atoms with Crippen LogP contribution in [0.15, 0.2) is 24.3 Å². The second kappa shape index (κ2) is 10.3. The van der Waals surface area contributed by atoms with Crippen molar-refractivity contribution in [2.45, 2.75) is 65.0 Å². The van der Waals surface area contributed by atoms with Gasteiger partial charge >= 0.3 is 0 Å². The molecule has 3 atom stereocenters. The van der Waals surface area contributed by atoms with Gasteiger partial charge in [0.2, 0.25) is 11.8 Å². The van der Waals surface area contributed by atoms with E-state index in [0.717, 1.165) is 37.3 Å². The number of rotatable bonds is 9. The second-order valence-corrected chi connectivity index (χ2v) is 7.58. The average molecular weight is 375 g/mol. The summed E-state index contributed by atoms with van der Waals surface area (Å²) in [6.45, 7) is 7.77. The summed E-state index contributed by atoms with van der Waals surface area (Å²) >= 11 is 0. The molecule has 1 aromatic rings. The molecule has 0 radical (unpaired) electrons. The van der Waals surface area contributed by atoms with Crippen LogP contribution < -0.4 is 21.3 Å². The molecule has 4 N–H and O–H groups in total. The maximum Gasteiger partial charge on any atom is 0.246 e. The van der Waals surface area contributed by atoms with Crippen molar-refractivity contribution >= 4 is 23.2 Å². The molecule has 2 rings (SSSR count). The zero-order valence-corrected chi connectivity index (χ0v) is 16.8. The van der Waals surface area contributed by atoms with Crippen molar-refractivity contribution in [1.29, 1.82) is 0 Å². The van der Waals surface area contributed by atoms with Crippen LogP contribution in [0.4, 0.5) is 11.4 Å². The van der Waals surface area contributed by atoms with E-state index >= 15 is 0 Å². The Morgan fingerprint density at radius 2 is 1.89 bits per heavy atom. The lowest BCUT2D eigenvalue weighted by atomic mass is 10.0. The van der Waals surface area contributed by atoms with Gasteiger partial charge in [-0.25, -0.2) is 0 Å². The molecule has 0 aliphatic carbocycles. The molecular weight excluding hydrogens is 340 g/mol. The molecule has 1 aliphatic rings. The third kappa shape index (κ3) is 6.24. The first-order chi connectivity index (χ1) is 12.9. The molecule has 6 heteroatoms. The highest BCUT2D eigenvalue weighted by atomic mass is 16.2. The topological polar surface area (TPSA) is 87.5 Å². The fourth-order valence-electron chi connectivity index (χ4n) is 3.20. The summed E-state index contributed by atoms with van der Waals surface area (Å²) in [7, 11) is 0. The van der Waals surface area contributed by atoms with Crippen molar-refractivity contribution in [3.05, 3.63) is 24.3 Å². The fraction of sp³-hybridized carbons (Fsp3) is 0.619. The number of carbonyl (C=O) groups is 2. The molecule has 0 saturated carbocycles. The Morgan fingerprint density at radius 3 is 2.52 bits per heavy atom. The number of hydrogen-bond donors (Lipinski definition) is 3. The van der Waals surface area contributed by atoms with Crippen LogP contribution in [0.1, 0.15) is 52.9 Å². The molecule has 0 spiro atoms. The van der Waals surface area contributed by atoms with Gasteiger partial charge in [0.25, 0.3) is 0 Å². The van der Waals surface area contributed by atoms with Crippen molar-refractivity contribution in [1.82, 2.24) is 5.32 Å². The molecule has 27 heavy (non-hydrogen) atoms. The van der Waals surface area contributed by atoms with E-state index in [1.54, 1.807) is 13.8 Å². The zero-order valence-electron chi connectivity index (χ0n) is 16.8. The summed E-state index contributed by atoms with van der Waals surface area (Å²) < 4.78 is 0. The first kappa shape index (κ1) is 21.2. The molecule has 1 aromatic carbocycles. The van der Waals surface area contributed by atoms with Gasteiger partial charge in [-0.1, -0.05) is 32.8 Å². The highest BCUT2D eigenvalue weighted by Crippen LogP contribution is 2.23. The Balaban J connectivity index is 2.04. The minimum atomic E-state index is -0.547. The summed E-state index contributed by atoms with van der Waals surface area (Å²) in [5, 5.41) is 5.86. The molecule has 1 aliphatic heterocycles. The van der Waals surface area contributed by atoms with Gasteiger partial charge in [-0.05, 0) is 44.4 Å². The molecule has 2 amide bonds. The average Bonchev–Trinajstić information content (AvgIpc) is 3.19. The van der Waals surface area contributed by atoms with Crippen LogP contribution in [0.5, 0.6) is 0 Å². The molecular formula is C21H34N4O2. The zero-order chi connectivity index (χ0) is 19.8. The normalized spacial score (nSPS) is 17.3. The lowest BCUT2D eigenvalue weighted by Gasteiger charge is -2.23.